The second-order valence-electron chi connectivity index (χ2n) is 10.2. The van der Waals surface area contributed by atoms with E-state index in [1.54, 1.807) is 6.07 Å². The van der Waals surface area contributed by atoms with E-state index < -0.39 is 19.0 Å². The van der Waals surface area contributed by atoms with Crippen LogP contribution in [-0.4, -0.2) is 30.3 Å². The summed E-state index contributed by atoms with van der Waals surface area (Å²) in [6.07, 6.45) is 2.03. The zero-order valence-corrected chi connectivity index (χ0v) is 20.4. The molecule has 4 rings (SSSR count). The highest BCUT2D eigenvalue weighted by Gasteiger charge is 2.29. The van der Waals surface area contributed by atoms with Crippen molar-refractivity contribution in [3.05, 3.63) is 63.1 Å². The van der Waals surface area contributed by atoms with E-state index in [1.807, 2.05) is 32.9 Å². The highest BCUT2D eigenvalue weighted by molar-refractivity contribution is 6.60. The van der Waals surface area contributed by atoms with Crippen molar-refractivity contribution in [1.82, 2.24) is 0 Å². The first-order valence-electron chi connectivity index (χ1n) is 11.7. The van der Waals surface area contributed by atoms with Crippen molar-refractivity contribution in [2.24, 2.45) is 5.41 Å². The molecule has 2 heterocycles. The molecule has 8 heteroatoms. The summed E-state index contributed by atoms with van der Waals surface area (Å²) < 4.78 is 20.7. The SMILES string of the molecule is Cc1cc([C@@H](C)Nc2cccc(F)c2B(O)O)c2oc(N3CCC(C)(C)CC3)c(C)c(=O)c2c1. The van der Waals surface area contributed by atoms with Crippen molar-refractivity contribution < 1.29 is 18.9 Å². The van der Waals surface area contributed by atoms with Gasteiger partial charge in [-0.2, -0.15) is 0 Å². The third kappa shape index (κ3) is 4.57. The van der Waals surface area contributed by atoms with Gasteiger partial charge in [-0.1, -0.05) is 26.0 Å². The number of benzene rings is 2. The smallest absolute Gasteiger partial charge is 0.440 e. The van der Waals surface area contributed by atoms with E-state index in [1.165, 1.54) is 12.1 Å². The standard InChI is InChI=1S/C26H32BFN2O4/c1-15-13-18(17(3)29-21-8-6-7-20(28)22(21)27(32)33)24-19(14-15)23(31)16(2)25(34-24)30-11-9-26(4,5)10-12-30/h6-8,13-14,17,29,32-33H,9-12H2,1-5H3/t17-/m1/s1. The van der Waals surface area contributed by atoms with Gasteiger partial charge in [0.1, 0.15) is 11.4 Å². The van der Waals surface area contributed by atoms with E-state index in [9.17, 15) is 19.2 Å². The number of nitrogens with zero attached hydrogens (tertiary/aromatic N) is 1. The summed E-state index contributed by atoms with van der Waals surface area (Å²) in [5.41, 5.74) is 2.98. The van der Waals surface area contributed by atoms with Crippen LogP contribution in [0.5, 0.6) is 0 Å². The molecule has 0 unspecified atom stereocenters. The molecule has 6 nitrogen and oxygen atoms in total. The van der Waals surface area contributed by atoms with Crippen LogP contribution in [-0.2, 0) is 0 Å². The van der Waals surface area contributed by atoms with Crippen LogP contribution in [0.4, 0.5) is 16.0 Å². The maximum absolute atomic E-state index is 14.3. The molecule has 1 fully saturated rings. The molecule has 0 amide bonds. The summed E-state index contributed by atoms with van der Waals surface area (Å²) in [5, 5.41) is 23.0. The molecule has 0 saturated carbocycles. The fourth-order valence-corrected chi connectivity index (χ4v) is 4.73. The van der Waals surface area contributed by atoms with Crippen LogP contribution in [0, 0.1) is 25.1 Å². The quantitative estimate of drug-likeness (QED) is 0.493. The Kier molecular flexibility index (Phi) is 6.49. The molecular weight excluding hydrogens is 434 g/mol. The van der Waals surface area contributed by atoms with Gasteiger partial charge in [0.25, 0.3) is 0 Å². The average Bonchev–Trinajstić information content (AvgIpc) is 2.76. The van der Waals surface area contributed by atoms with Gasteiger partial charge in [-0.25, -0.2) is 4.39 Å². The predicted molar refractivity (Wildman–Crippen MR) is 135 cm³/mol. The minimum Gasteiger partial charge on any atom is -0.440 e. The molecule has 34 heavy (non-hydrogen) atoms. The molecule has 1 aliphatic heterocycles. The summed E-state index contributed by atoms with van der Waals surface area (Å²) in [7, 11) is -1.96. The van der Waals surface area contributed by atoms with Crippen LogP contribution in [0.25, 0.3) is 11.0 Å². The van der Waals surface area contributed by atoms with Gasteiger partial charge >= 0.3 is 7.12 Å². The fraction of sp³-hybridized carbons (Fsp3) is 0.423. The fourth-order valence-electron chi connectivity index (χ4n) is 4.73. The van der Waals surface area contributed by atoms with Gasteiger partial charge < -0.3 is 24.7 Å². The third-order valence-electron chi connectivity index (χ3n) is 6.92. The highest BCUT2D eigenvalue weighted by atomic mass is 19.1. The molecule has 0 spiro atoms. The molecule has 1 saturated heterocycles. The highest BCUT2D eigenvalue weighted by Crippen LogP contribution is 2.35. The van der Waals surface area contributed by atoms with Gasteiger partial charge in [0.2, 0.25) is 5.88 Å². The molecule has 0 aliphatic carbocycles. The number of fused-ring (bicyclic) bond motifs is 1. The topological polar surface area (TPSA) is 85.9 Å². The minimum absolute atomic E-state index is 0.0598. The average molecular weight is 466 g/mol. The van der Waals surface area contributed by atoms with E-state index in [0.717, 1.165) is 37.1 Å². The number of halogens is 1. The van der Waals surface area contributed by atoms with E-state index in [-0.39, 0.29) is 22.0 Å². The molecule has 1 aliphatic rings. The van der Waals surface area contributed by atoms with Crippen molar-refractivity contribution in [1.29, 1.82) is 0 Å². The van der Waals surface area contributed by atoms with Crippen LogP contribution in [0.3, 0.4) is 0 Å². The molecule has 3 N–H and O–H groups in total. The second-order valence-corrected chi connectivity index (χ2v) is 10.2. The Morgan fingerprint density at radius 1 is 1.18 bits per heavy atom. The van der Waals surface area contributed by atoms with Gasteiger partial charge in [0, 0.05) is 29.8 Å². The van der Waals surface area contributed by atoms with Gasteiger partial charge in [0.15, 0.2) is 5.43 Å². The number of aryl methyl sites for hydroxylation is 1. The van der Waals surface area contributed by atoms with Crippen LogP contribution in [0.2, 0.25) is 0 Å². The monoisotopic (exact) mass is 466 g/mol. The molecule has 0 bridgehead atoms. The normalized spacial score (nSPS) is 16.5. The van der Waals surface area contributed by atoms with E-state index in [4.69, 9.17) is 4.42 Å². The van der Waals surface area contributed by atoms with Crippen molar-refractivity contribution in [3.8, 4) is 0 Å². The number of hydrogen-bond donors (Lipinski definition) is 3. The van der Waals surface area contributed by atoms with Gasteiger partial charge in [0.05, 0.1) is 17.0 Å². The number of hydrogen-bond acceptors (Lipinski definition) is 6. The first-order valence-corrected chi connectivity index (χ1v) is 11.7. The number of nitrogens with one attached hydrogen (secondary N) is 1. The lowest BCUT2D eigenvalue weighted by molar-refractivity contribution is 0.274. The Hall–Kier alpha value is -2.84. The van der Waals surface area contributed by atoms with Crippen molar-refractivity contribution in [2.75, 3.05) is 23.3 Å². The van der Waals surface area contributed by atoms with Crippen LogP contribution in [0.15, 0.2) is 39.5 Å². The lowest BCUT2D eigenvalue weighted by Crippen LogP contribution is -2.38. The first kappa shape index (κ1) is 24.3. The molecular formula is C26H32BFN2O4. The van der Waals surface area contributed by atoms with Crippen molar-refractivity contribution in [3.63, 3.8) is 0 Å². The number of anilines is 2. The third-order valence-corrected chi connectivity index (χ3v) is 6.92. The molecule has 1 aromatic heterocycles. The Bertz CT molecular complexity index is 1280. The predicted octanol–water partition coefficient (Wildman–Crippen LogP) is 4.03. The van der Waals surface area contributed by atoms with Crippen LogP contribution < -0.4 is 21.1 Å². The number of rotatable bonds is 5. The second kappa shape index (κ2) is 9.08. The maximum atomic E-state index is 14.3. The Balaban J connectivity index is 1.80. The van der Waals surface area contributed by atoms with Crippen LogP contribution in [0.1, 0.15) is 56.3 Å². The van der Waals surface area contributed by atoms with E-state index in [0.29, 0.717) is 22.4 Å². The Labute approximate surface area is 199 Å². The molecule has 2 aromatic carbocycles. The largest absolute Gasteiger partial charge is 0.493 e. The van der Waals surface area contributed by atoms with Gasteiger partial charge in [-0.05, 0) is 62.8 Å². The van der Waals surface area contributed by atoms with E-state index in [2.05, 4.69) is 24.1 Å². The summed E-state index contributed by atoms with van der Waals surface area (Å²) in [6, 6.07) is 7.65. The van der Waals surface area contributed by atoms with Gasteiger partial charge in [-0.3, -0.25) is 4.79 Å². The number of piperidine rings is 1. The molecule has 0 radical (unpaired) electrons. The van der Waals surface area contributed by atoms with Crippen molar-refractivity contribution in [2.45, 2.75) is 53.5 Å². The zero-order chi connectivity index (χ0) is 24.8. The molecule has 3 aromatic rings. The molecule has 180 valence electrons. The van der Waals surface area contributed by atoms with Gasteiger partial charge in [-0.15, -0.1) is 0 Å². The lowest BCUT2D eigenvalue weighted by atomic mass is 9.78. The minimum atomic E-state index is -1.96. The summed E-state index contributed by atoms with van der Waals surface area (Å²) in [5.74, 6) is -0.110. The summed E-state index contributed by atoms with van der Waals surface area (Å²) in [6.45, 7) is 11.7. The maximum Gasteiger partial charge on any atom is 0.493 e. The zero-order valence-electron chi connectivity index (χ0n) is 20.4. The lowest BCUT2D eigenvalue weighted by Gasteiger charge is -2.37. The first-order chi connectivity index (χ1) is 16.0. The van der Waals surface area contributed by atoms with Crippen molar-refractivity contribution >= 4 is 35.1 Å². The summed E-state index contributed by atoms with van der Waals surface area (Å²) >= 11 is 0. The Morgan fingerprint density at radius 2 is 1.85 bits per heavy atom. The molecule has 1 atom stereocenters. The Morgan fingerprint density at radius 3 is 2.50 bits per heavy atom. The van der Waals surface area contributed by atoms with Crippen LogP contribution >= 0.6 is 0 Å². The van der Waals surface area contributed by atoms with E-state index >= 15 is 0 Å². The summed E-state index contributed by atoms with van der Waals surface area (Å²) in [4.78, 5) is 15.5.